The maximum Gasteiger partial charge on any atom is 0.238 e. The molecule has 1 fully saturated rings. The van der Waals surface area contributed by atoms with Gasteiger partial charge in [-0.25, -0.2) is 13.6 Å². The standard InChI is InChI=1S/C15H23N3O3S.ClH/c16-14-7-2-1-5-12(14)9-15(19)18-10-11-4-3-6-13(8-11)22(17,20)21;/h3-4,6,8,12,14H,1-2,5,7,9-10,16H2,(H,18,19)(H2,17,20,21);1H. The number of nitrogens with one attached hydrogen (secondary N) is 1. The third kappa shape index (κ3) is 6.10. The molecule has 1 aliphatic rings. The summed E-state index contributed by atoms with van der Waals surface area (Å²) in [4.78, 5) is 12.1. The molecule has 0 saturated heterocycles. The first-order valence-electron chi connectivity index (χ1n) is 7.50. The van der Waals surface area contributed by atoms with Crippen LogP contribution in [0, 0.1) is 5.92 Å². The van der Waals surface area contributed by atoms with Crippen LogP contribution in [0.3, 0.4) is 0 Å². The van der Waals surface area contributed by atoms with E-state index < -0.39 is 10.0 Å². The van der Waals surface area contributed by atoms with E-state index in [0.717, 1.165) is 25.7 Å². The molecule has 1 amide bonds. The lowest BCUT2D eigenvalue weighted by atomic mass is 9.83. The normalized spacial score (nSPS) is 21.3. The second kappa shape index (κ2) is 8.63. The van der Waals surface area contributed by atoms with Crippen LogP contribution in [0.4, 0.5) is 0 Å². The lowest BCUT2D eigenvalue weighted by molar-refractivity contribution is -0.122. The molecule has 0 radical (unpaired) electrons. The minimum atomic E-state index is -3.72. The Morgan fingerprint density at radius 1 is 1.26 bits per heavy atom. The molecule has 1 saturated carbocycles. The van der Waals surface area contributed by atoms with Crippen LogP contribution in [0.15, 0.2) is 29.2 Å². The predicted molar refractivity (Wildman–Crippen MR) is 91.5 cm³/mol. The fourth-order valence-corrected chi connectivity index (χ4v) is 3.42. The number of primary sulfonamides is 1. The third-order valence-electron chi connectivity index (χ3n) is 4.13. The van der Waals surface area contributed by atoms with Crippen molar-refractivity contribution in [1.82, 2.24) is 5.32 Å². The highest BCUT2D eigenvalue weighted by Crippen LogP contribution is 2.25. The molecule has 1 aliphatic carbocycles. The number of amides is 1. The van der Waals surface area contributed by atoms with Crippen LogP contribution in [0.25, 0.3) is 0 Å². The molecular formula is C15H24ClN3O3S. The number of halogens is 1. The topological polar surface area (TPSA) is 115 Å². The molecule has 0 spiro atoms. The van der Waals surface area contributed by atoms with Crippen molar-refractivity contribution in [3.05, 3.63) is 29.8 Å². The van der Waals surface area contributed by atoms with Gasteiger partial charge in [0.2, 0.25) is 15.9 Å². The molecule has 0 heterocycles. The van der Waals surface area contributed by atoms with Gasteiger partial charge in [-0.1, -0.05) is 25.0 Å². The Bertz CT molecular complexity index is 637. The summed E-state index contributed by atoms with van der Waals surface area (Å²) in [5.74, 6) is 0.188. The van der Waals surface area contributed by atoms with Gasteiger partial charge in [-0.2, -0.15) is 0 Å². The summed E-state index contributed by atoms with van der Waals surface area (Å²) in [6.07, 6.45) is 4.67. The molecule has 130 valence electrons. The van der Waals surface area contributed by atoms with E-state index in [2.05, 4.69) is 5.32 Å². The number of carbonyl (C=O) groups excluding carboxylic acids is 1. The van der Waals surface area contributed by atoms with Gasteiger partial charge in [0, 0.05) is 19.0 Å². The van der Waals surface area contributed by atoms with Crippen LogP contribution in [-0.2, 0) is 21.4 Å². The first-order chi connectivity index (χ1) is 10.4. The maximum absolute atomic E-state index is 12.0. The molecular weight excluding hydrogens is 338 g/mol. The van der Waals surface area contributed by atoms with Crippen LogP contribution in [-0.4, -0.2) is 20.4 Å². The van der Waals surface area contributed by atoms with Gasteiger partial charge < -0.3 is 11.1 Å². The number of carbonyl (C=O) groups is 1. The monoisotopic (exact) mass is 361 g/mol. The van der Waals surface area contributed by atoms with Crippen molar-refractivity contribution in [3.63, 3.8) is 0 Å². The van der Waals surface area contributed by atoms with E-state index in [-0.39, 0.29) is 41.7 Å². The number of sulfonamides is 1. The van der Waals surface area contributed by atoms with E-state index in [0.29, 0.717) is 12.0 Å². The molecule has 5 N–H and O–H groups in total. The average molecular weight is 362 g/mol. The van der Waals surface area contributed by atoms with E-state index in [1.807, 2.05) is 0 Å². The molecule has 6 nitrogen and oxygen atoms in total. The lowest BCUT2D eigenvalue weighted by Crippen LogP contribution is -2.37. The van der Waals surface area contributed by atoms with Crippen LogP contribution >= 0.6 is 12.4 Å². The molecule has 0 aromatic heterocycles. The lowest BCUT2D eigenvalue weighted by Gasteiger charge is -2.27. The fraction of sp³-hybridized carbons (Fsp3) is 0.533. The summed E-state index contributed by atoms with van der Waals surface area (Å²) in [5.41, 5.74) is 6.74. The molecule has 2 unspecified atom stereocenters. The molecule has 23 heavy (non-hydrogen) atoms. The molecule has 0 bridgehead atoms. The minimum absolute atomic E-state index is 0. The van der Waals surface area contributed by atoms with Crippen LogP contribution in [0.2, 0.25) is 0 Å². The van der Waals surface area contributed by atoms with Crippen molar-refractivity contribution in [2.45, 2.75) is 49.6 Å². The smallest absolute Gasteiger partial charge is 0.238 e. The zero-order valence-corrected chi connectivity index (χ0v) is 14.5. The van der Waals surface area contributed by atoms with Crippen molar-refractivity contribution in [2.75, 3.05) is 0 Å². The number of hydrogen-bond donors (Lipinski definition) is 3. The van der Waals surface area contributed by atoms with E-state index in [1.54, 1.807) is 12.1 Å². The summed E-state index contributed by atoms with van der Waals surface area (Å²) >= 11 is 0. The summed E-state index contributed by atoms with van der Waals surface area (Å²) < 4.78 is 22.6. The summed E-state index contributed by atoms with van der Waals surface area (Å²) in [5, 5.41) is 7.91. The Hall–Kier alpha value is -1.15. The van der Waals surface area contributed by atoms with Gasteiger partial charge >= 0.3 is 0 Å². The number of rotatable bonds is 5. The van der Waals surface area contributed by atoms with E-state index in [1.165, 1.54) is 12.1 Å². The largest absolute Gasteiger partial charge is 0.352 e. The zero-order chi connectivity index (χ0) is 16.2. The van der Waals surface area contributed by atoms with Gasteiger partial charge in [0.1, 0.15) is 0 Å². The minimum Gasteiger partial charge on any atom is -0.352 e. The van der Waals surface area contributed by atoms with Gasteiger partial charge in [0.25, 0.3) is 0 Å². The molecule has 8 heteroatoms. The summed E-state index contributed by atoms with van der Waals surface area (Å²) in [6.45, 7) is 0.282. The molecule has 0 aliphatic heterocycles. The summed E-state index contributed by atoms with van der Waals surface area (Å²) in [7, 11) is -3.72. The van der Waals surface area contributed by atoms with Gasteiger partial charge in [0.15, 0.2) is 0 Å². The quantitative estimate of drug-likeness (QED) is 0.732. The number of nitrogens with two attached hydrogens (primary N) is 2. The van der Waals surface area contributed by atoms with Crippen LogP contribution < -0.4 is 16.2 Å². The van der Waals surface area contributed by atoms with E-state index in [9.17, 15) is 13.2 Å². The highest BCUT2D eigenvalue weighted by molar-refractivity contribution is 7.89. The number of benzene rings is 1. The predicted octanol–water partition coefficient (Wildman–Crippen LogP) is 1.28. The SMILES string of the molecule is Cl.NC1CCCCC1CC(=O)NCc1cccc(S(N)(=O)=O)c1. The molecule has 1 aromatic rings. The van der Waals surface area contributed by atoms with Crippen molar-refractivity contribution < 1.29 is 13.2 Å². The van der Waals surface area contributed by atoms with Gasteiger partial charge in [-0.3, -0.25) is 4.79 Å². The Balaban J connectivity index is 0.00000264. The van der Waals surface area contributed by atoms with Crippen molar-refractivity contribution in [1.29, 1.82) is 0 Å². The molecule has 2 atom stereocenters. The fourth-order valence-electron chi connectivity index (χ4n) is 2.83. The van der Waals surface area contributed by atoms with Crippen molar-refractivity contribution in [2.24, 2.45) is 16.8 Å². The third-order valence-corrected chi connectivity index (χ3v) is 5.04. The summed E-state index contributed by atoms with van der Waals surface area (Å²) in [6, 6.07) is 6.37. The Morgan fingerprint density at radius 3 is 2.61 bits per heavy atom. The first kappa shape index (κ1) is 19.9. The molecule has 2 rings (SSSR count). The van der Waals surface area contributed by atoms with E-state index >= 15 is 0 Å². The van der Waals surface area contributed by atoms with Crippen LogP contribution in [0.1, 0.15) is 37.7 Å². The second-order valence-electron chi connectivity index (χ2n) is 5.88. The first-order valence-corrected chi connectivity index (χ1v) is 9.05. The second-order valence-corrected chi connectivity index (χ2v) is 7.44. The van der Waals surface area contributed by atoms with Gasteiger partial charge in [-0.05, 0) is 36.5 Å². The highest BCUT2D eigenvalue weighted by atomic mass is 35.5. The van der Waals surface area contributed by atoms with Gasteiger partial charge in [-0.15, -0.1) is 12.4 Å². The van der Waals surface area contributed by atoms with Crippen molar-refractivity contribution in [3.8, 4) is 0 Å². The Kier molecular flexibility index (Phi) is 7.47. The molecule has 1 aromatic carbocycles. The number of hydrogen-bond acceptors (Lipinski definition) is 4. The average Bonchev–Trinajstić information content (AvgIpc) is 2.47. The Morgan fingerprint density at radius 2 is 1.96 bits per heavy atom. The van der Waals surface area contributed by atoms with Gasteiger partial charge in [0.05, 0.1) is 4.90 Å². The maximum atomic E-state index is 12.0. The van der Waals surface area contributed by atoms with Crippen molar-refractivity contribution >= 4 is 28.3 Å². The van der Waals surface area contributed by atoms with Crippen LogP contribution in [0.5, 0.6) is 0 Å². The van der Waals surface area contributed by atoms with E-state index in [4.69, 9.17) is 10.9 Å². The Labute approximate surface area is 143 Å². The highest BCUT2D eigenvalue weighted by Gasteiger charge is 2.23. The zero-order valence-electron chi connectivity index (χ0n) is 12.9.